The van der Waals surface area contributed by atoms with E-state index in [0.29, 0.717) is 12.2 Å². The van der Waals surface area contributed by atoms with Crippen molar-refractivity contribution in [3.05, 3.63) is 180 Å². The van der Waals surface area contributed by atoms with E-state index in [-0.39, 0.29) is 5.97 Å². The lowest BCUT2D eigenvalue weighted by Crippen LogP contribution is -2.38. The standard InChI is InChI=1S/C44H34N4O2S2/c1-3-50-43(49)31-21-19-30(20-22-31)41-37(32-23-24-38-36(27-32)42(46-29-45-38)39-25-26-40(51-2)52-39)28-48(47-41)44(33-13-7-4-8-14-33,34-15-9-5-10-16-34)35-17-11-6-12-18-35/h4-29H,3H2,1-2H3. The first kappa shape index (κ1) is 33.3. The van der Waals surface area contributed by atoms with Crippen LogP contribution in [-0.4, -0.2) is 38.6 Å². The number of thiophene rings is 1. The van der Waals surface area contributed by atoms with E-state index in [9.17, 15) is 4.79 Å². The van der Waals surface area contributed by atoms with Gasteiger partial charge in [0.25, 0.3) is 0 Å². The van der Waals surface area contributed by atoms with Gasteiger partial charge in [-0.2, -0.15) is 5.10 Å². The summed E-state index contributed by atoms with van der Waals surface area (Å²) < 4.78 is 8.62. The molecule has 8 aromatic rings. The van der Waals surface area contributed by atoms with E-state index in [4.69, 9.17) is 14.8 Å². The monoisotopic (exact) mass is 714 g/mol. The van der Waals surface area contributed by atoms with Gasteiger partial charge in [-0.3, -0.25) is 4.68 Å². The zero-order valence-corrected chi connectivity index (χ0v) is 30.3. The fourth-order valence-electron chi connectivity index (χ4n) is 6.86. The summed E-state index contributed by atoms with van der Waals surface area (Å²) in [6.07, 6.45) is 5.88. The van der Waals surface area contributed by atoms with Crippen molar-refractivity contribution in [3.8, 4) is 33.0 Å². The lowest BCUT2D eigenvalue weighted by Gasteiger charge is -2.36. The SMILES string of the molecule is CCOC(=O)c1ccc(-c2nn(C(c3ccccc3)(c3ccccc3)c3ccccc3)cc2-c2ccc3ncnc(-c4ccc(SC)s4)c3c2)cc1. The number of fused-ring (bicyclic) bond motifs is 1. The van der Waals surface area contributed by atoms with Crippen LogP contribution in [0.2, 0.25) is 0 Å². The van der Waals surface area contributed by atoms with Crippen LogP contribution in [0.4, 0.5) is 0 Å². The third-order valence-corrected chi connectivity index (χ3v) is 11.4. The molecule has 3 aromatic heterocycles. The topological polar surface area (TPSA) is 69.9 Å². The second-order valence-electron chi connectivity index (χ2n) is 12.2. The maximum Gasteiger partial charge on any atom is 0.338 e. The van der Waals surface area contributed by atoms with Crippen molar-refractivity contribution in [1.29, 1.82) is 0 Å². The van der Waals surface area contributed by atoms with Crippen molar-refractivity contribution >= 4 is 40.0 Å². The average molecular weight is 715 g/mol. The van der Waals surface area contributed by atoms with Crippen LogP contribution in [0.3, 0.4) is 0 Å². The first-order valence-corrected chi connectivity index (χ1v) is 19.1. The minimum atomic E-state index is -0.821. The van der Waals surface area contributed by atoms with E-state index in [1.54, 1.807) is 41.6 Å². The summed E-state index contributed by atoms with van der Waals surface area (Å²) in [6.45, 7) is 2.12. The van der Waals surface area contributed by atoms with E-state index in [1.807, 2.05) is 37.3 Å². The normalized spacial score (nSPS) is 11.5. The number of esters is 1. The van der Waals surface area contributed by atoms with Crippen molar-refractivity contribution in [2.45, 2.75) is 16.7 Å². The number of hydrogen-bond acceptors (Lipinski definition) is 7. The molecule has 0 aliphatic carbocycles. The Bertz CT molecular complexity index is 2380. The molecule has 8 rings (SSSR count). The molecule has 0 fully saturated rings. The Hall–Kier alpha value is -5.83. The highest BCUT2D eigenvalue weighted by molar-refractivity contribution is 8.00. The van der Waals surface area contributed by atoms with Crippen LogP contribution in [0.1, 0.15) is 34.0 Å². The molecule has 0 amide bonds. The van der Waals surface area contributed by atoms with Crippen LogP contribution in [0.5, 0.6) is 0 Å². The van der Waals surface area contributed by atoms with Crippen LogP contribution in [0.25, 0.3) is 43.9 Å². The molecule has 3 heterocycles. The Morgan fingerprint density at radius 3 is 1.92 bits per heavy atom. The number of ether oxygens (including phenoxy) is 1. The second kappa shape index (κ2) is 14.4. The maximum atomic E-state index is 12.6. The van der Waals surface area contributed by atoms with Gasteiger partial charge in [-0.25, -0.2) is 14.8 Å². The highest BCUT2D eigenvalue weighted by Gasteiger charge is 2.40. The van der Waals surface area contributed by atoms with Gasteiger partial charge in [-0.1, -0.05) is 109 Å². The van der Waals surface area contributed by atoms with Gasteiger partial charge >= 0.3 is 5.97 Å². The third-order valence-electron chi connectivity index (χ3n) is 9.26. The first-order chi connectivity index (χ1) is 25.6. The summed E-state index contributed by atoms with van der Waals surface area (Å²) in [5, 5.41) is 6.48. The first-order valence-electron chi connectivity index (χ1n) is 17.0. The van der Waals surface area contributed by atoms with Gasteiger partial charge in [0.15, 0.2) is 0 Å². The fourth-order valence-corrected chi connectivity index (χ4v) is 8.42. The Labute approximate surface area is 310 Å². The zero-order chi connectivity index (χ0) is 35.5. The molecule has 0 radical (unpaired) electrons. The lowest BCUT2D eigenvalue weighted by molar-refractivity contribution is 0.0526. The number of rotatable bonds is 10. The quantitative estimate of drug-likeness (QED) is 0.0798. The molecule has 0 saturated carbocycles. The second-order valence-corrected chi connectivity index (χ2v) is 14.4. The van der Waals surface area contributed by atoms with Crippen LogP contribution in [0, 0.1) is 0 Å². The molecule has 0 N–H and O–H groups in total. The Balaban J connectivity index is 1.41. The minimum Gasteiger partial charge on any atom is -0.462 e. The summed E-state index contributed by atoms with van der Waals surface area (Å²) in [6, 6.07) is 49.7. The average Bonchev–Trinajstić information content (AvgIpc) is 3.88. The predicted molar refractivity (Wildman–Crippen MR) is 212 cm³/mol. The Kier molecular flexibility index (Phi) is 9.24. The molecule has 0 saturated heterocycles. The molecule has 0 atom stereocenters. The van der Waals surface area contributed by atoms with E-state index in [0.717, 1.165) is 60.5 Å². The van der Waals surface area contributed by atoms with Crippen LogP contribution in [0.15, 0.2) is 162 Å². The van der Waals surface area contributed by atoms with Crippen molar-refractivity contribution in [2.75, 3.05) is 12.9 Å². The minimum absolute atomic E-state index is 0.313. The predicted octanol–water partition coefficient (Wildman–Crippen LogP) is 10.6. The fraction of sp³-hybridized carbons (Fsp3) is 0.0909. The Morgan fingerprint density at radius 2 is 1.35 bits per heavy atom. The summed E-state index contributed by atoms with van der Waals surface area (Å²) in [7, 11) is 0. The molecular formula is C44H34N4O2S2. The van der Waals surface area contributed by atoms with Gasteiger partial charge in [0.05, 0.1) is 32.5 Å². The highest BCUT2D eigenvalue weighted by Crippen LogP contribution is 2.44. The van der Waals surface area contributed by atoms with Gasteiger partial charge in [0, 0.05) is 22.7 Å². The van der Waals surface area contributed by atoms with Crippen molar-refractivity contribution in [2.24, 2.45) is 0 Å². The number of benzene rings is 5. The summed E-state index contributed by atoms with van der Waals surface area (Å²) >= 11 is 3.46. The molecule has 0 aliphatic rings. The molecule has 0 unspecified atom stereocenters. The molecular weight excluding hydrogens is 681 g/mol. The van der Waals surface area contributed by atoms with Gasteiger partial charge in [-0.05, 0) is 71.8 Å². The zero-order valence-electron chi connectivity index (χ0n) is 28.6. The van der Waals surface area contributed by atoms with Crippen molar-refractivity contribution < 1.29 is 9.53 Å². The smallest absolute Gasteiger partial charge is 0.338 e. The summed E-state index contributed by atoms with van der Waals surface area (Å²) in [5.41, 5.74) is 8.22. The molecule has 5 aromatic carbocycles. The molecule has 0 aliphatic heterocycles. The van der Waals surface area contributed by atoms with Crippen LogP contribution >= 0.6 is 23.1 Å². The summed E-state index contributed by atoms with van der Waals surface area (Å²) in [5.74, 6) is -0.351. The van der Waals surface area contributed by atoms with Crippen molar-refractivity contribution in [1.82, 2.24) is 19.7 Å². The molecule has 0 spiro atoms. The van der Waals surface area contributed by atoms with E-state index in [2.05, 4.69) is 125 Å². The molecule has 254 valence electrons. The molecule has 0 bridgehead atoms. The highest BCUT2D eigenvalue weighted by atomic mass is 32.2. The lowest BCUT2D eigenvalue weighted by atomic mass is 9.77. The molecule has 52 heavy (non-hydrogen) atoms. The van der Waals surface area contributed by atoms with Gasteiger partial charge in [0.1, 0.15) is 17.6 Å². The van der Waals surface area contributed by atoms with Gasteiger partial charge < -0.3 is 4.74 Å². The number of nitrogens with zero attached hydrogens (tertiary/aromatic N) is 4. The van der Waals surface area contributed by atoms with Crippen molar-refractivity contribution in [3.63, 3.8) is 0 Å². The van der Waals surface area contributed by atoms with Crippen LogP contribution < -0.4 is 0 Å². The maximum absolute atomic E-state index is 12.6. The number of carbonyl (C=O) groups is 1. The molecule has 8 heteroatoms. The van der Waals surface area contributed by atoms with E-state index < -0.39 is 5.54 Å². The van der Waals surface area contributed by atoms with Crippen LogP contribution in [-0.2, 0) is 10.3 Å². The Morgan fingerprint density at radius 1 is 0.731 bits per heavy atom. The summed E-state index contributed by atoms with van der Waals surface area (Å²) in [4.78, 5) is 23.1. The number of hydrogen-bond donors (Lipinski definition) is 0. The van der Waals surface area contributed by atoms with E-state index in [1.165, 1.54) is 4.21 Å². The number of thioether (sulfide) groups is 1. The van der Waals surface area contributed by atoms with Gasteiger partial charge in [0.2, 0.25) is 0 Å². The molecule has 6 nitrogen and oxygen atoms in total. The largest absolute Gasteiger partial charge is 0.462 e. The van der Waals surface area contributed by atoms with E-state index >= 15 is 0 Å². The number of carbonyl (C=O) groups excluding carboxylic acids is 1. The van der Waals surface area contributed by atoms with Gasteiger partial charge in [-0.15, -0.1) is 23.1 Å². The third kappa shape index (κ3) is 6.00. The number of aromatic nitrogens is 4.